The number of carbonyl (C=O) groups is 2. The van der Waals surface area contributed by atoms with E-state index < -0.39 is 17.7 Å². The first-order valence-electron chi connectivity index (χ1n) is 7.26. The molecule has 6 heteroatoms. The van der Waals surface area contributed by atoms with E-state index in [4.69, 9.17) is 4.42 Å². The van der Waals surface area contributed by atoms with Gasteiger partial charge in [-0.15, -0.1) is 0 Å². The molecule has 6 nitrogen and oxygen atoms in total. The van der Waals surface area contributed by atoms with E-state index in [-0.39, 0.29) is 17.7 Å². The van der Waals surface area contributed by atoms with Crippen LogP contribution in [-0.2, 0) is 15.0 Å². The molecule has 2 aromatic rings. The average molecular weight is 302 g/mol. The molecule has 1 atom stereocenters. The van der Waals surface area contributed by atoms with Crippen molar-refractivity contribution in [2.75, 3.05) is 0 Å². The van der Waals surface area contributed by atoms with Crippen molar-refractivity contribution < 1.29 is 14.0 Å². The van der Waals surface area contributed by atoms with Gasteiger partial charge in [0.1, 0.15) is 6.04 Å². The number of oxazole rings is 1. The summed E-state index contributed by atoms with van der Waals surface area (Å²) >= 11 is 0. The monoisotopic (exact) mass is 302 g/mol. The summed E-state index contributed by atoms with van der Waals surface area (Å²) in [5.41, 5.74) is 2.02. The summed E-state index contributed by atoms with van der Waals surface area (Å²) in [6.45, 7) is 6.22. The van der Waals surface area contributed by atoms with E-state index >= 15 is 0 Å². The van der Waals surface area contributed by atoms with Crippen LogP contribution in [0.5, 0.6) is 0 Å². The van der Waals surface area contributed by atoms with Crippen LogP contribution < -0.4 is 11.1 Å². The van der Waals surface area contributed by atoms with Crippen molar-refractivity contribution in [2.45, 2.75) is 45.1 Å². The summed E-state index contributed by atoms with van der Waals surface area (Å²) in [5.74, 6) is -1.34. The highest BCUT2D eigenvalue weighted by atomic mass is 16.4. The molecule has 0 aliphatic carbocycles. The summed E-state index contributed by atoms with van der Waals surface area (Å²) in [5, 5.41) is 2.27. The van der Waals surface area contributed by atoms with Crippen LogP contribution in [-0.4, -0.2) is 16.4 Å². The third-order valence-electron chi connectivity index (χ3n) is 4.00. The van der Waals surface area contributed by atoms with Crippen LogP contribution >= 0.6 is 0 Å². The van der Waals surface area contributed by atoms with Gasteiger partial charge in [-0.05, 0) is 29.5 Å². The van der Waals surface area contributed by atoms with Gasteiger partial charge in [0, 0.05) is 6.42 Å². The van der Waals surface area contributed by atoms with Gasteiger partial charge in [0.25, 0.3) is 0 Å². The highest BCUT2D eigenvalue weighted by Crippen LogP contribution is 2.28. The molecule has 1 unspecified atom stereocenters. The zero-order valence-corrected chi connectivity index (χ0v) is 12.8. The zero-order chi connectivity index (χ0) is 16.1. The number of aromatic nitrogens is 1. The lowest BCUT2D eigenvalue weighted by Gasteiger charge is -2.22. The van der Waals surface area contributed by atoms with Gasteiger partial charge < -0.3 is 4.42 Å². The highest BCUT2D eigenvalue weighted by Gasteiger charge is 2.31. The molecule has 0 saturated carbocycles. The Hall–Kier alpha value is -2.37. The number of benzene rings is 1. The Bertz CT molecular complexity index is 823. The maximum Gasteiger partial charge on any atom is 0.420 e. The first-order chi connectivity index (χ1) is 10.3. The Morgan fingerprint density at radius 1 is 1.23 bits per heavy atom. The van der Waals surface area contributed by atoms with E-state index in [1.165, 1.54) is 4.57 Å². The van der Waals surface area contributed by atoms with Crippen molar-refractivity contribution in [3.63, 3.8) is 0 Å². The second-order valence-electron chi connectivity index (χ2n) is 6.64. The number of amides is 2. The van der Waals surface area contributed by atoms with E-state index in [0.29, 0.717) is 17.5 Å². The van der Waals surface area contributed by atoms with Crippen LogP contribution in [0.2, 0.25) is 0 Å². The number of imide groups is 1. The molecule has 2 amide bonds. The van der Waals surface area contributed by atoms with Crippen LogP contribution in [0.3, 0.4) is 0 Å². The Morgan fingerprint density at radius 3 is 2.59 bits per heavy atom. The quantitative estimate of drug-likeness (QED) is 0.815. The van der Waals surface area contributed by atoms with Gasteiger partial charge >= 0.3 is 5.76 Å². The minimum atomic E-state index is -0.702. The van der Waals surface area contributed by atoms with Crippen LogP contribution in [0.4, 0.5) is 0 Å². The van der Waals surface area contributed by atoms with E-state index in [2.05, 4.69) is 26.1 Å². The van der Waals surface area contributed by atoms with Crippen molar-refractivity contribution in [2.24, 2.45) is 0 Å². The first-order valence-corrected chi connectivity index (χ1v) is 7.26. The van der Waals surface area contributed by atoms with Crippen LogP contribution in [0, 0.1) is 0 Å². The number of carbonyl (C=O) groups excluding carboxylic acids is 2. The molecular weight excluding hydrogens is 284 g/mol. The molecule has 1 aliphatic rings. The lowest BCUT2D eigenvalue weighted by atomic mass is 9.87. The minimum Gasteiger partial charge on any atom is -0.408 e. The lowest BCUT2D eigenvalue weighted by Crippen LogP contribution is -2.43. The standard InChI is InChI=1S/C16H18N2O4/c1-16(2,3)9-4-5-10-12(8-9)22-15(21)18(10)11-6-7-13(19)17-14(11)20/h4-5,8,11H,6-7H2,1-3H3,(H,17,19,20). The maximum atomic E-state index is 12.2. The first kappa shape index (κ1) is 14.6. The second kappa shape index (κ2) is 4.83. The summed E-state index contributed by atoms with van der Waals surface area (Å²) in [6, 6.07) is 4.86. The third kappa shape index (κ3) is 2.34. The van der Waals surface area contributed by atoms with Gasteiger partial charge in [-0.2, -0.15) is 0 Å². The largest absolute Gasteiger partial charge is 0.420 e. The molecule has 2 heterocycles. The van der Waals surface area contributed by atoms with Gasteiger partial charge in [-0.3, -0.25) is 19.5 Å². The fourth-order valence-corrected chi connectivity index (χ4v) is 2.73. The molecule has 1 N–H and O–H groups in total. The molecule has 0 bridgehead atoms. The molecular formula is C16H18N2O4. The fourth-order valence-electron chi connectivity index (χ4n) is 2.73. The number of fused-ring (bicyclic) bond motifs is 1. The van der Waals surface area contributed by atoms with Crippen molar-refractivity contribution in [3.05, 3.63) is 34.3 Å². The maximum absolute atomic E-state index is 12.2. The third-order valence-corrected chi connectivity index (χ3v) is 4.00. The Balaban J connectivity index is 2.11. The highest BCUT2D eigenvalue weighted by molar-refractivity contribution is 6.00. The Kier molecular flexibility index (Phi) is 3.20. The average Bonchev–Trinajstić information content (AvgIpc) is 2.73. The molecule has 1 saturated heterocycles. The van der Waals surface area contributed by atoms with Crippen molar-refractivity contribution in [1.82, 2.24) is 9.88 Å². The number of nitrogens with zero attached hydrogens (tertiary/aromatic N) is 1. The Labute approximate surface area is 127 Å². The van der Waals surface area contributed by atoms with Crippen molar-refractivity contribution in [3.8, 4) is 0 Å². The minimum absolute atomic E-state index is 0.0660. The molecule has 1 aromatic heterocycles. The number of piperidine rings is 1. The van der Waals surface area contributed by atoms with Crippen LogP contribution in [0.25, 0.3) is 11.1 Å². The number of rotatable bonds is 1. The molecule has 1 fully saturated rings. The summed E-state index contributed by atoms with van der Waals surface area (Å²) in [6.07, 6.45) is 0.524. The van der Waals surface area contributed by atoms with Crippen molar-refractivity contribution in [1.29, 1.82) is 0 Å². The lowest BCUT2D eigenvalue weighted by molar-refractivity contribution is -0.135. The van der Waals surface area contributed by atoms with E-state index in [9.17, 15) is 14.4 Å². The van der Waals surface area contributed by atoms with Gasteiger partial charge in [-0.1, -0.05) is 26.8 Å². The molecule has 1 aliphatic heterocycles. The SMILES string of the molecule is CC(C)(C)c1ccc2c(c1)oc(=O)n2C1CCC(=O)NC1=O. The molecule has 0 spiro atoms. The topological polar surface area (TPSA) is 81.3 Å². The zero-order valence-electron chi connectivity index (χ0n) is 12.8. The summed E-state index contributed by atoms with van der Waals surface area (Å²) in [7, 11) is 0. The number of nitrogens with one attached hydrogen (secondary N) is 1. The number of hydrogen-bond donors (Lipinski definition) is 1. The van der Waals surface area contributed by atoms with E-state index in [0.717, 1.165) is 5.56 Å². The predicted octanol–water partition coefficient (Wildman–Crippen LogP) is 1.87. The molecule has 3 rings (SSSR count). The van der Waals surface area contributed by atoms with Crippen molar-refractivity contribution >= 4 is 22.9 Å². The smallest absolute Gasteiger partial charge is 0.408 e. The van der Waals surface area contributed by atoms with Crippen LogP contribution in [0.1, 0.15) is 45.2 Å². The van der Waals surface area contributed by atoms with E-state index in [1.807, 2.05) is 12.1 Å². The summed E-state index contributed by atoms with van der Waals surface area (Å²) in [4.78, 5) is 35.4. The Morgan fingerprint density at radius 2 is 1.95 bits per heavy atom. The van der Waals surface area contributed by atoms with Crippen LogP contribution in [0.15, 0.2) is 27.4 Å². The second-order valence-corrected chi connectivity index (χ2v) is 6.64. The van der Waals surface area contributed by atoms with Gasteiger partial charge in [0.2, 0.25) is 11.8 Å². The molecule has 22 heavy (non-hydrogen) atoms. The summed E-state index contributed by atoms with van der Waals surface area (Å²) < 4.78 is 6.64. The van der Waals surface area contributed by atoms with Gasteiger partial charge in [-0.25, -0.2) is 4.79 Å². The van der Waals surface area contributed by atoms with Gasteiger partial charge in [0.15, 0.2) is 5.58 Å². The number of hydrogen-bond acceptors (Lipinski definition) is 4. The van der Waals surface area contributed by atoms with E-state index in [1.54, 1.807) is 6.07 Å². The normalized spacial score (nSPS) is 19.5. The predicted molar refractivity (Wildman–Crippen MR) is 80.6 cm³/mol. The molecule has 116 valence electrons. The molecule has 0 radical (unpaired) electrons. The van der Waals surface area contributed by atoms with Gasteiger partial charge in [0.05, 0.1) is 5.52 Å². The fraction of sp³-hybridized carbons (Fsp3) is 0.438. The molecule has 1 aromatic carbocycles.